The van der Waals surface area contributed by atoms with Gasteiger partial charge in [-0.05, 0) is 25.0 Å². The van der Waals surface area contributed by atoms with Crippen molar-refractivity contribution >= 4 is 16.7 Å². The number of halogens is 2. The quantitative estimate of drug-likeness (QED) is 0.625. The molecule has 0 amide bonds. The number of aromatic amines is 1. The molecule has 1 aliphatic carbocycles. The molecular weight excluding hydrogens is 314 g/mol. The first-order valence-electron chi connectivity index (χ1n) is 7.68. The molecule has 0 unspecified atom stereocenters. The maximum atomic E-state index is 13.1. The Hall–Kier alpha value is -2.90. The summed E-state index contributed by atoms with van der Waals surface area (Å²) in [4.78, 5) is 16.1. The SMILES string of the molecule is FC(F)c1cnc2ccc(-c3c[nH]c4nc(C5CC5)ncc34)nn12. The summed E-state index contributed by atoms with van der Waals surface area (Å²) in [6.45, 7) is 0. The van der Waals surface area contributed by atoms with Gasteiger partial charge in [-0.25, -0.2) is 28.2 Å². The van der Waals surface area contributed by atoms with Crippen molar-refractivity contribution in [2.75, 3.05) is 0 Å². The zero-order valence-electron chi connectivity index (χ0n) is 12.4. The van der Waals surface area contributed by atoms with Crippen LogP contribution < -0.4 is 0 Å². The summed E-state index contributed by atoms with van der Waals surface area (Å²) in [6, 6.07) is 3.43. The Morgan fingerprint density at radius 2 is 2.04 bits per heavy atom. The third-order valence-electron chi connectivity index (χ3n) is 4.28. The van der Waals surface area contributed by atoms with Crippen LogP contribution in [-0.4, -0.2) is 29.5 Å². The summed E-state index contributed by atoms with van der Waals surface area (Å²) >= 11 is 0. The molecule has 4 aromatic rings. The number of H-pyrrole nitrogens is 1. The summed E-state index contributed by atoms with van der Waals surface area (Å²) in [6.07, 6.45) is 4.34. The van der Waals surface area contributed by atoms with Gasteiger partial charge in [0.05, 0.1) is 11.9 Å². The molecular formula is C16H12F2N6. The minimum Gasteiger partial charge on any atom is -0.345 e. The average Bonchev–Trinajstić information content (AvgIpc) is 3.21. The van der Waals surface area contributed by atoms with Gasteiger partial charge in [-0.2, -0.15) is 5.10 Å². The number of hydrogen-bond acceptors (Lipinski definition) is 4. The van der Waals surface area contributed by atoms with Crippen molar-refractivity contribution in [3.63, 3.8) is 0 Å². The molecule has 4 aromatic heterocycles. The van der Waals surface area contributed by atoms with Crippen molar-refractivity contribution in [2.45, 2.75) is 25.2 Å². The van der Waals surface area contributed by atoms with Crippen molar-refractivity contribution < 1.29 is 8.78 Å². The maximum Gasteiger partial charge on any atom is 0.282 e. The average molecular weight is 326 g/mol. The van der Waals surface area contributed by atoms with Gasteiger partial charge in [0.2, 0.25) is 0 Å². The number of hydrogen-bond donors (Lipinski definition) is 1. The Kier molecular flexibility index (Phi) is 2.70. The normalized spacial score (nSPS) is 15.0. The fraction of sp³-hybridized carbons (Fsp3) is 0.250. The number of fused-ring (bicyclic) bond motifs is 2. The zero-order chi connectivity index (χ0) is 16.3. The third-order valence-corrected chi connectivity index (χ3v) is 4.28. The molecule has 5 rings (SSSR count). The Bertz CT molecular complexity index is 1060. The van der Waals surface area contributed by atoms with Crippen LogP contribution in [0.15, 0.2) is 30.7 Å². The van der Waals surface area contributed by atoms with Crippen LogP contribution in [0.5, 0.6) is 0 Å². The molecule has 4 heterocycles. The molecule has 1 N–H and O–H groups in total. The number of nitrogens with zero attached hydrogens (tertiary/aromatic N) is 5. The van der Waals surface area contributed by atoms with E-state index in [0.29, 0.717) is 17.3 Å². The van der Waals surface area contributed by atoms with Crippen LogP contribution in [0.2, 0.25) is 0 Å². The first kappa shape index (κ1) is 13.5. The van der Waals surface area contributed by atoms with Gasteiger partial charge in [-0.3, -0.25) is 0 Å². The molecule has 0 bridgehead atoms. The van der Waals surface area contributed by atoms with Crippen LogP contribution in [0.25, 0.3) is 27.9 Å². The summed E-state index contributed by atoms with van der Waals surface area (Å²) in [5, 5.41) is 5.14. The van der Waals surface area contributed by atoms with Crippen LogP contribution in [-0.2, 0) is 0 Å². The fourth-order valence-corrected chi connectivity index (χ4v) is 2.85. The molecule has 120 valence electrons. The molecule has 0 radical (unpaired) electrons. The summed E-state index contributed by atoms with van der Waals surface area (Å²) in [5.41, 5.74) is 2.25. The lowest BCUT2D eigenvalue weighted by Crippen LogP contribution is -1.99. The van der Waals surface area contributed by atoms with E-state index in [0.717, 1.165) is 41.5 Å². The molecule has 1 fully saturated rings. The van der Waals surface area contributed by atoms with Crippen LogP contribution in [0.4, 0.5) is 8.78 Å². The van der Waals surface area contributed by atoms with Crippen LogP contribution in [0.3, 0.4) is 0 Å². The van der Waals surface area contributed by atoms with E-state index in [1.165, 1.54) is 4.52 Å². The smallest absolute Gasteiger partial charge is 0.282 e. The highest BCUT2D eigenvalue weighted by Crippen LogP contribution is 2.38. The molecule has 1 saturated carbocycles. The van der Waals surface area contributed by atoms with Gasteiger partial charge in [0.15, 0.2) is 5.65 Å². The summed E-state index contributed by atoms with van der Waals surface area (Å²) in [7, 11) is 0. The lowest BCUT2D eigenvalue weighted by Gasteiger charge is -2.03. The summed E-state index contributed by atoms with van der Waals surface area (Å²) in [5.74, 6) is 1.32. The monoisotopic (exact) mass is 326 g/mol. The highest BCUT2D eigenvalue weighted by molar-refractivity contribution is 5.91. The second-order valence-corrected chi connectivity index (χ2v) is 5.94. The van der Waals surface area contributed by atoms with Gasteiger partial charge in [-0.15, -0.1) is 0 Å². The van der Waals surface area contributed by atoms with Gasteiger partial charge < -0.3 is 4.98 Å². The highest BCUT2D eigenvalue weighted by atomic mass is 19.3. The lowest BCUT2D eigenvalue weighted by atomic mass is 10.2. The lowest BCUT2D eigenvalue weighted by molar-refractivity contribution is 0.143. The highest BCUT2D eigenvalue weighted by Gasteiger charge is 2.27. The Balaban J connectivity index is 1.66. The Morgan fingerprint density at radius 3 is 2.83 bits per heavy atom. The molecule has 0 aliphatic heterocycles. The largest absolute Gasteiger partial charge is 0.345 e. The number of imidazole rings is 1. The minimum absolute atomic E-state index is 0.223. The minimum atomic E-state index is -2.63. The van der Waals surface area contributed by atoms with E-state index in [1.54, 1.807) is 24.5 Å². The second-order valence-electron chi connectivity index (χ2n) is 5.94. The van der Waals surface area contributed by atoms with E-state index in [9.17, 15) is 8.78 Å². The van der Waals surface area contributed by atoms with Gasteiger partial charge in [-0.1, -0.05) is 0 Å². The predicted octanol–water partition coefficient (Wildman–Crippen LogP) is 3.48. The molecule has 1 aliphatic rings. The Labute approximate surface area is 134 Å². The molecule has 0 spiro atoms. The number of nitrogens with one attached hydrogen (secondary N) is 1. The van der Waals surface area contributed by atoms with Crippen molar-refractivity contribution in [2.24, 2.45) is 0 Å². The van der Waals surface area contributed by atoms with Crippen LogP contribution in [0.1, 0.15) is 36.7 Å². The summed E-state index contributed by atoms with van der Waals surface area (Å²) < 4.78 is 27.3. The molecule has 8 heteroatoms. The zero-order valence-corrected chi connectivity index (χ0v) is 12.4. The van der Waals surface area contributed by atoms with Crippen molar-refractivity contribution in [1.29, 1.82) is 0 Å². The van der Waals surface area contributed by atoms with Crippen molar-refractivity contribution in [3.05, 3.63) is 42.2 Å². The topological polar surface area (TPSA) is 71.8 Å². The molecule has 0 saturated heterocycles. The second kappa shape index (κ2) is 4.80. The first-order valence-corrected chi connectivity index (χ1v) is 7.68. The molecule has 0 aromatic carbocycles. The van der Waals surface area contributed by atoms with E-state index in [1.807, 2.05) is 0 Å². The van der Waals surface area contributed by atoms with Gasteiger partial charge in [0, 0.05) is 29.3 Å². The van der Waals surface area contributed by atoms with E-state index in [4.69, 9.17) is 0 Å². The number of rotatable bonds is 3. The van der Waals surface area contributed by atoms with E-state index < -0.39 is 6.43 Å². The fourth-order valence-electron chi connectivity index (χ4n) is 2.85. The standard InChI is InChI=1S/C16H12F2N6/c17-14(18)12-7-19-13-4-3-11(23-24(12)13)9-5-21-16-10(9)6-20-15(22-16)8-1-2-8/h3-8,14H,1-2H2,(H,20,21,22). The Morgan fingerprint density at radius 1 is 1.17 bits per heavy atom. The van der Waals surface area contributed by atoms with Gasteiger partial charge >= 0.3 is 0 Å². The van der Waals surface area contributed by atoms with E-state index in [-0.39, 0.29) is 5.69 Å². The first-order chi connectivity index (χ1) is 11.7. The molecule has 0 atom stereocenters. The van der Waals surface area contributed by atoms with E-state index >= 15 is 0 Å². The van der Waals surface area contributed by atoms with E-state index in [2.05, 4.69) is 25.0 Å². The van der Waals surface area contributed by atoms with Crippen LogP contribution >= 0.6 is 0 Å². The van der Waals surface area contributed by atoms with Gasteiger partial charge in [0.25, 0.3) is 6.43 Å². The predicted molar refractivity (Wildman–Crippen MR) is 82.8 cm³/mol. The van der Waals surface area contributed by atoms with Crippen molar-refractivity contribution in [1.82, 2.24) is 29.5 Å². The maximum absolute atomic E-state index is 13.1. The number of aromatic nitrogens is 6. The molecule has 6 nitrogen and oxygen atoms in total. The molecule has 24 heavy (non-hydrogen) atoms. The third kappa shape index (κ3) is 1.99. The van der Waals surface area contributed by atoms with Crippen LogP contribution in [0, 0.1) is 0 Å². The van der Waals surface area contributed by atoms with Gasteiger partial charge in [0.1, 0.15) is 17.2 Å². The van der Waals surface area contributed by atoms with Crippen molar-refractivity contribution in [3.8, 4) is 11.3 Å². The number of alkyl halides is 2.